The van der Waals surface area contributed by atoms with Gasteiger partial charge < -0.3 is 14.8 Å². The van der Waals surface area contributed by atoms with Crippen LogP contribution in [0.25, 0.3) is 0 Å². The molecule has 0 unspecified atom stereocenters. The Labute approximate surface area is 123 Å². The van der Waals surface area contributed by atoms with Crippen molar-refractivity contribution in [2.75, 3.05) is 14.2 Å². The summed E-state index contributed by atoms with van der Waals surface area (Å²) in [6.45, 7) is 0.117. The quantitative estimate of drug-likeness (QED) is 0.825. The normalized spacial score (nSPS) is 8.89. The number of carbonyl (C=O) groups excluding carboxylic acids is 2. The second-order valence-electron chi connectivity index (χ2n) is 3.02. The average Bonchev–Trinajstić information content (AvgIpc) is 2.38. The summed E-state index contributed by atoms with van der Waals surface area (Å²) in [6.07, 6.45) is -0.577. The first-order valence-corrected chi connectivity index (χ1v) is 6.07. The Morgan fingerprint density at radius 3 is 2.37 bits per heavy atom. The van der Waals surface area contributed by atoms with Crippen LogP contribution in [0.4, 0.5) is 14.0 Å². The second kappa shape index (κ2) is 9.57. The number of amides is 1. The van der Waals surface area contributed by atoms with E-state index in [0.29, 0.717) is 10.0 Å². The minimum absolute atomic E-state index is 0.117. The van der Waals surface area contributed by atoms with Crippen LogP contribution in [0.3, 0.4) is 0 Å². The lowest BCUT2D eigenvalue weighted by Crippen LogP contribution is -2.22. The van der Waals surface area contributed by atoms with Gasteiger partial charge in [-0.15, -0.1) is 0 Å². The maximum Gasteiger partial charge on any atom is 0.407 e. The molecule has 106 valence electrons. The lowest BCUT2D eigenvalue weighted by molar-refractivity contribution is 0.170. The molecule has 0 aliphatic carbocycles. The molecule has 0 atom stereocenters. The summed E-state index contributed by atoms with van der Waals surface area (Å²) in [5, 5.41) is 2.39. The Hall–Kier alpha value is -1.34. The van der Waals surface area contributed by atoms with Crippen molar-refractivity contribution >= 4 is 39.1 Å². The zero-order chi connectivity index (χ0) is 14.8. The summed E-state index contributed by atoms with van der Waals surface area (Å²) in [5.74, 6) is -0.365. The van der Waals surface area contributed by atoms with Crippen molar-refractivity contribution in [2.45, 2.75) is 6.54 Å². The molecule has 1 amide bonds. The molecular formula is C11H12BrClFNO4. The maximum absolute atomic E-state index is 13.2. The van der Waals surface area contributed by atoms with Gasteiger partial charge in [-0.05, 0) is 12.1 Å². The van der Waals surface area contributed by atoms with E-state index in [4.69, 9.17) is 0 Å². The Kier molecular flexibility index (Phi) is 8.90. The van der Waals surface area contributed by atoms with Crippen LogP contribution in [0.5, 0.6) is 0 Å². The highest BCUT2D eigenvalue weighted by Crippen LogP contribution is 2.14. The number of rotatable bonds is 2. The SMILES string of the molecule is COC(=O)Cl.COC(=O)NCc1ccc(Br)cc1F. The van der Waals surface area contributed by atoms with Crippen molar-refractivity contribution in [3.05, 3.63) is 34.1 Å². The Morgan fingerprint density at radius 1 is 1.37 bits per heavy atom. The largest absolute Gasteiger partial charge is 0.457 e. The summed E-state index contributed by atoms with van der Waals surface area (Å²) < 4.78 is 22.1. The molecule has 0 heterocycles. The highest BCUT2D eigenvalue weighted by molar-refractivity contribution is 9.10. The van der Waals surface area contributed by atoms with Gasteiger partial charge in [0.2, 0.25) is 0 Å². The van der Waals surface area contributed by atoms with Crippen molar-refractivity contribution in [2.24, 2.45) is 0 Å². The van der Waals surface area contributed by atoms with E-state index < -0.39 is 11.5 Å². The Bertz CT molecular complexity index is 445. The molecule has 0 saturated carbocycles. The summed E-state index contributed by atoms with van der Waals surface area (Å²) >= 11 is 7.74. The predicted octanol–water partition coefficient (Wildman–Crippen LogP) is 3.44. The molecular weight excluding hydrogens is 344 g/mol. The average molecular weight is 357 g/mol. The number of nitrogens with one attached hydrogen (secondary N) is 1. The number of hydrogen-bond acceptors (Lipinski definition) is 4. The van der Waals surface area contributed by atoms with E-state index in [1.165, 1.54) is 20.3 Å². The molecule has 1 aromatic rings. The predicted molar refractivity (Wildman–Crippen MR) is 71.6 cm³/mol. The highest BCUT2D eigenvalue weighted by atomic mass is 79.9. The molecule has 0 aliphatic rings. The van der Waals surface area contributed by atoms with Gasteiger partial charge in [0.15, 0.2) is 0 Å². The van der Waals surface area contributed by atoms with Gasteiger partial charge in [-0.3, -0.25) is 0 Å². The van der Waals surface area contributed by atoms with Gasteiger partial charge in [-0.2, -0.15) is 0 Å². The lowest BCUT2D eigenvalue weighted by atomic mass is 10.2. The molecule has 0 spiro atoms. The van der Waals surface area contributed by atoms with Gasteiger partial charge in [-0.1, -0.05) is 22.0 Å². The van der Waals surface area contributed by atoms with Gasteiger partial charge in [0, 0.05) is 28.2 Å². The number of benzene rings is 1. The van der Waals surface area contributed by atoms with E-state index in [1.54, 1.807) is 12.1 Å². The van der Waals surface area contributed by atoms with Crippen molar-refractivity contribution in [1.82, 2.24) is 5.32 Å². The van der Waals surface area contributed by atoms with Crippen molar-refractivity contribution < 1.29 is 23.5 Å². The van der Waals surface area contributed by atoms with Gasteiger partial charge in [0.1, 0.15) is 5.82 Å². The van der Waals surface area contributed by atoms with E-state index in [0.717, 1.165) is 0 Å². The zero-order valence-electron chi connectivity index (χ0n) is 10.2. The van der Waals surface area contributed by atoms with Crippen molar-refractivity contribution in [3.8, 4) is 0 Å². The van der Waals surface area contributed by atoms with Gasteiger partial charge in [-0.25, -0.2) is 14.0 Å². The molecule has 0 bridgehead atoms. The van der Waals surface area contributed by atoms with E-state index >= 15 is 0 Å². The van der Waals surface area contributed by atoms with E-state index in [-0.39, 0.29) is 12.4 Å². The van der Waals surface area contributed by atoms with Crippen LogP contribution in [-0.2, 0) is 16.0 Å². The fourth-order valence-corrected chi connectivity index (χ4v) is 1.24. The molecule has 0 aromatic heterocycles. The van der Waals surface area contributed by atoms with Gasteiger partial charge in [0.05, 0.1) is 14.2 Å². The summed E-state index contributed by atoms with van der Waals surface area (Å²) in [6, 6.07) is 4.64. The number of carbonyl (C=O) groups is 2. The molecule has 1 aromatic carbocycles. The summed E-state index contributed by atoms with van der Waals surface area (Å²) in [4.78, 5) is 20.1. The lowest BCUT2D eigenvalue weighted by Gasteiger charge is -2.04. The first-order chi connectivity index (χ1) is 8.90. The topological polar surface area (TPSA) is 64.6 Å². The Balaban J connectivity index is 0.000000555. The number of halogens is 3. The fraction of sp³-hybridized carbons (Fsp3) is 0.273. The smallest absolute Gasteiger partial charge is 0.407 e. The van der Waals surface area contributed by atoms with Gasteiger partial charge in [0.25, 0.3) is 0 Å². The van der Waals surface area contributed by atoms with E-state index in [2.05, 4.69) is 42.3 Å². The van der Waals surface area contributed by atoms with Crippen molar-refractivity contribution in [1.29, 1.82) is 0 Å². The third-order valence-electron chi connectivity index (χ3n) is 1.78. The molecule has 1 rings (SSSR count). The fourth-order valence-electron chi connectivity index (χ4n) is 0.905. The van der Waals surface area contributed by atoms with E-state index in [9.17, 15) is 14.0 Å². The molecule has 0 radical (unpaired) electrons. The van der Waals surface area contributed by atoms with Crippen LogP contribution in [-0.4, -0.2) is 25.7 Å². The highest BCUT2D eigenvalue weighted by Gasteiger charge is 2.04. The Morgan fingerprint density at radius 2 is 1.95 bits per heavy atom. The number of alkyl carbamates (subject to hydrolysis) is 1. The third-order valence-corrected chi connectivity index (χ3v) is 2.43. The molecule has 5 nitrogen and oxygen atoms in total. The van der Waals surface area contributed by atoms with Crippen molar-refractivity contribution in [3.63, 3.8) is 0 Å². The first-order valence-electron chi connectivity index (χ1n) is 4.90. The monoisotopic (exact) mass is 355 g/mol. The van der Waals surface area contributed by atoms with Crippen LogP contribution in [0.15, 0.2) is 22.7 Å². The third kappa shape index (κ3) is 8.39. The van der Waals surface area contributed by atoms with Crippen LogP contribution in [0.2, 0.25) is 0 Å². The first kappa shape index (κ1) is 17.7. The standard InChI is InChI=1S/C9H9BrFNO2.C2H3ClO2/c1-14-9(13)12-5-6-2-3-7(10)4-8(6)11;1-5-2(3)4/h2-4H,5H2,1H3,(H,12,13);1H3. The summed E-state index contributed by atoms with van der Waals surface area (Å²) in [7, 11) is 2.47. The minimum atomic E-state index is -0.773. The van der Waals surface area contributed by atoms with Crippen LogP contribution < -0.4 is 5.32 Å². The molecule has 8 heteroatoms. The maximum atomic E-state index is 13.2. The van der Waals surface area contributed by atoms with Crippen LogP contribution in [0, 0.1) is 5.82 Å². The molecule has 1 N–H and O–H groups in total. The molecule has 0 aliphatic heterocycles. The van der Waals surface area contributed by atoms with Crippen LogP contribution in [0.1, 0.15) is 5.56 Å². The molecule has 19 heavy (non-hydrogen) atoms. The van der Waals surface area contributed by atoms with E-state index in [1.807, 2.05) is 0 Å². The molecule has 0 fully saturated rings. The van der Waals surface area contributed by atoms with Gasteiger partial charge >= 0.3 is 11.5 Å². The number of hydrogen-bond donors (Lipinski definition) is 1. The molecule has 0 saturated heterocycles. The second-order valence-corrected chi connectivity index (χ2v) is 4.25. The van der Waals surface area contributed by atoms with Crippen LogP contribution >= 0.6 is 27.5 Å². The zero-order valence-corrected chi connectivity index (χ0v) is 12.5. The number of ether oxygens (including phenoxy) is 2. The number of methoxy groups -OCH3 is 2. The minimum Gasteiger partial charge on any atom is -0.457 e. The summed E-state index contributed by atoms with van der Waals surface area (Å²) in [5.41, 5.74) is -0.358.